The second kappa shape index (κ2) is 8.25. The predicted molar refractivity (Wildman–Crippen MR) is 86.9 cm³/mol. The first-order chi connectivity index (χ1) is 9.58. The highest BCUT2D eigenvalue weighted by Gasteiger charge is 2.31. The number of carbonyl (C=O) groups excluding carboxylic acids is 1. The van der Waals surface area contributed by atoms with Gasteiger partial charge in [-0.25, -0.2) is 0 Å². The molecule has 1 amide bonds. The molecule has 1 unspecified atom stereocenters. The van der Waals surface area contributed by atoms with Gasteiger partial charge in [0.15, 0.2) is 0 Å². The predicted octanol–water partition coefficient (Wildman–Crippen LogP) is 2.29. The molecule has 3 N–H and O–H groups in total. The first kappa shape index (κ1) is 17.8. The highest BCUT2D eigenvalue weighted by Crippen LogP contribution is 2.32. The fraction of sp³-hybridized carbons (Fsp3) is 0.562. The van der Waals surface area contributed by atoms with Gasteiger partial charge in [-0.05, 0) is 50.3 Å². The Balaban J connectivity index is 0.00000220. The molecule has 21 heavy (non-hydrogen) atoms. The maximum absolute atomic E-state index is 12.0. The third-order valence-corrected chi connectivity index (χ3v) is 3.43. The quantitative estimate of drug-likeness (QED) is 0.812. The van der Waals surface area contributed by atoms with Gasteiger partial charge in [0.2, 0.25) is 5.91 Å². The lowest BCUT2D eigenvalue weighted by atomic mass is 10.1. The number of ether oxygens (including phenoxy) is 1. The van der Waals surface area contributed by atoms with E-state index in [2.05, 4.69) is 5.32 Å². The van der Waals surface area contributed by atoms with Gasteiger partial charge in [0.25, 0.3) is 0 Å². The fourth-order valence-corrected chi connectivity index (χ4v) is 2.31. The Hall–Kier alpha value is -1.26. The molecule has 118 valence electrons. The molecule has 0 radical (unpaired) electrons. The Morgan fingerprint density at radius 2 is 2.14 bits per heavy atom. The first-order valence-corrected chi connectivity index (χ1v) is 7.33. The minimum absolute atomic E-state index is 0. The lowest BCUT2D eigenvalue weighted by Crippen LogP contribution is -2.42. The number of rotatable bonds is 7. The zero-order valence-corrected chi connectivity index (χ0v) is 13.5. The lowest BCUT2D eigenvalue weighted by molar-refractivity contribution is -0.121. The molecule has 1 atom stereocenters. The summed E-state index contributed by atoms with van der Waals surface area (Å²) in [6, 6.07) is 7.84. The van der Waals surface area contributed by atoms with E-state index in [4.69, 9.17) is 10.5 Å². The van der Waals surface area contributed by atoms with Crippen molar-refractivity contribution in [2.45, 2.75) is 45.3 Å². The summed E-state index contributed by atoms with van der Waals surface area (Å²) in [7, 11) is 0. The van der Waals surface area contributed by atoms with Gasteiger partial charge in [0.1, 0.15) is 5.75 Å². The van der Waals surface area contributed by atoms with Crippen LogP contribution in [-0.2, 0) is 11.2 Å². The molecule has 1 fully saturated rings. The van der Waals surface area contributed by atoms with Crippen LogP contribution in [0, 0.1) is 5.92 Å². The van der Waals surface area contributed by atoms with Crippen LogP contribution in [0.15, 0.2) is 24.3 Å². The van der Waals surface area contributed by atoms with E-state index in [9.17, 15) is 4.79 Å². The van der Waals surface area contributed by atoms with Crippen LogP contribution in [0.3, 0.4) is 0 Å². The molecule has 1 aromatic carbocycles. The zero-order chi connectivity index (χ0) is 14.5. The molecule has 4 nitrogen and oxygen atoms in total. The van der Waals surface area contributed by atoms with E-state index in [1.54, 1.807) is 0 Å². The van der Waals surface area contributed by atoms with Crippen LogP contribution in [0.25, 0.3) is 0 Å². The summed E-state index contributed by atoms with van der Waals surface area (Å²) in [4.78, 5) is 12.0. The van der Waals surface area contributed by atoms with Crippen molar-refractivity contribution >= 4 is 18.3 Å². The number of amides is 1. The first-order valence-electron chi connectivity index (χ1n) is 7.33. The normalized spacial score (nSPS) is 15.2. The van der Waals surface area contributed by atoms with Crippen LogP contribution >= 0.6 is 12.4 Å². The van der Waals surface area contributed by atoms with E-state index >= 15 is 0 Å². The summed E-state index contributed by atoms with van der Waals surface area (Å²) < 4.78 is 5.64. The maximum atomic E-state index is 12.0. The minimum Gasteiger partial charge on any atom is -0.491 e. The van der Waals surface area contributed by atoms with E-state index in [-0.39, 0.29) is 30.5 Å². The highest BCUT2D eigenvalue weighted by molar-refractivity contribution is 5.85. The Kier molecular flexibility index (Phi) is 6.99. The molecule has 1 aliphatic rings. The lowest BCUT2D eigenvalue weighted by Gasteiger charge is -2.16. The van der Waals surface area contributed by atoms with Crippen LogP contribution in [0.2, 0.25) is 0 Å². The Bertz CT molecular complexity index is 461. The molecule has 5 heteroatoms. The number of carbonyl (C=O) groups is 1. The van der Waals surface area contributed by atoms with Crippen molar-refractivity contribution in [1.82, 2.24) is 5.32 Å². The summed E-state index contributed by atoms with van der Waals surface area (Å²) in [5.74, 6) is 1.43. The molecule has 0 spiro atoms. The monoisotopic (exact) mass is 312 g/mol. The van der Waals surface area contributed by atoms with Gasteiger partial charge < -0.3 is 15.8 Å². The number of hydrogen-bond donors (Lipinski definition) is 2. The van der Waals surface area contributed by atoms with Gasteiger partial charge in [-0.15, -0.1) is 12.4 Å². The van der Waals surface area contributed by atoms with Crippen LogP contribution < -0.4 is 15.8 Å². The van der Waals surface area contributed by atoms with Gasteiger partial charge in [-0.3, -0.25) is 4.79 Å². The summed E-state index contributed by atoms with van der Waals surface area (Å²) in [5.41, 5.74) is 6.66. The average Bonchev–Trinajstić information content (AvgIpc) is 3.19. The average molecular weight is 313 g/mol. The van der Waals surface area contributed by atoms with Crippen molar-refractivity contribution in [3.05, 3.63) is 29.8 Å². The van der Waals surface area contributed by atoms with Crippen LogP contribution in [0.4, 0.5) is 0 Å². The maximum Gasteiger partial charge on any atom is 0.224 e. The summed E-state index contributed by atoms with van der Waals surface area (Å²) in [6.45, 7) is 4.49. The summed E-state index contributed by atoms with van der Waals surface area (Å²) in [5, 5.41) is 3.03. The molecule has 0 aliphatic heterocycles. The standard InChI is InChI=1S/C16H24N2O2.ClH/c1-11(2)20-14-5-3-4-12(8-14)9-16(19)18-15(10-17)13-6-7-13;/h3-5,8,11,13,15H,6-7,9-10,17H2,1-2H3,(H,18,19);1H. The van der Waals surface area contributed by atoms with Gasteiger partial charge >= 0.3 is 0 Å². The molecule has 1 saturated carbocycles. The van der Waals surface area contributed by atoms with Crippen LogP contribution in [0.5, 0.6) is 5.75 Å². The molecule has 0 aromatic heterocycles. The van der Waals surface area contributed by atoms with Crippen molar-refractivity contribution in [3.8, 4) is 5.75 Å². The number of nitrogens with one attached hydrogen (secondary N) is 1. The largest absolute Gasteiger partial charge is 0.491 e. The fourth-order valence-electron chi connectivity index (χ4n) is 2.31. The molecule has 0 saturated heterocycles. The number of nitrogens with two attached hydrogens (primary N) is 1. The number of benzene rings is 1. The third kappa shape index (κ3) is 5.94. The topological polar surface area (TPSA) is 64.3 Å². The minimum atomic E-state index is 0. The van der Waals surface area contributed by atoms with Gasteiger partial charge in [-0.2, -0.15) is 0 Å². The SMILES string of the molecule is CC(C)Oc1cccc(CC(=O)NC(CN)C2CC2)c1.Cl. The van der Waals surface area contributed by atoms with Crippen molar-refractivity contribution in [3.63, 3.8) is 0 Å². The Morgan fingerprint density at radius 3 is 2.71 bits per heavy atom. The van der Waals surface area contributed by atoms with Crippen molar-refractivity contribution in [2.24, 2.45) is 11.7 Å². The van der Waals surface area contributed by atoms with Crippen molar-refractivity contribution < 1.29 is 9.53 Å². The zero-order valence-electron chi connectivity index (χ0n) is 12.7. The Morgan fingerprint density at radius 1 is 1.43 bits per heavy atom. The summed E-state index contributed by atoms with van der Waals surface area (Å²) >= 11 is 0. The number of halogens is 1. The smallest absolute Gasteiger partial charge is 0.224 e. The second-order valence-corrected chi connectivity index (χ2v) is 5.74. The van der Waals surface area contributed by atoms with Crippen LogP contribution in [-0.4, -0.2) is 24.6 Å². The van der Waals surface area contributed by atoms with Crippen molar-refractivity contribution in [2.75, 3.05) is 6.54 Å². The van der Waals surface area contributed by atoms with E-state index in [1.807, 2.05) is 38.1 Å². The molecular formula is C16H25ClN2O2. The van der Waals surface area contributed by atoms with Gasteiger partial charge in [-0.1, -0.05) is 12.1 Å². The van der Waals surface area contributed by atoms with E-state index in [0.717, 1.165) is 11.3 Å². The molecule has 1 aromatic rings. The molecular weight excluding hydrogens is 288 g/mol. The highest BCUT2D eigenvalue weighted by atomic mass is 35.5. The number of hydrogen-bond acceptors (Lipinski definition) is 3. The summed E-state index contributed by atoms with van der Waals surface area (Å²) in [6.07, 6.45) is 2.87. The van der Waals surface area contributed by atoms with E-state index < -0.39 is 0 Å². The van der Waals surface area contributed by atoms with E-state index in [1.165, 1.54) is 12.8 Å². The molecule has 2 rings (SSSR count). The van der Waals surface area contributed by atoms with E-state index in [0.29, 0.717) is 18.9 Å². The van der Waals surface area contributed by atoms with Gasteiger partial charge in [0.05, 0.1) is 12.5 Å². The third-order valence-electron chi connectivity index (χ3n) is 3.43. The van der Waals surface area contributed by atoms with Gasteiger partial charge in [0, 0.05) is 12.6 Å². The molecule has 0 bridgehead atoms. The molecule has 0 heterocycles. The Labute approximate surface area is 132 Å². The van der Waals surface area contributed by atoms with Crippen molar-refractivity contribution in [1.29, 1.82) is 0 Å². The molecule has 1 aliphatic carbocycles. The van der Waals surface area contributed by atoms with Crippen LogP contribution in [0.1, 0.15) is 32.3 Å². The second-order valence-electron chi connectivity index (χ2n) is 5.74.